The number of hydrogen-bond donors (Lipinski definition) is 1. The Bertz CT molecular complexity index is 1060. The molecule has 1 amide bonds. The van der Waals surface area contributed by atoms with Gasteiger partial charge in [-0.3, -0.25) is 14.2 Å². The van der Waals surface area contributed by atoms with Crippen LogP contribution in [0.1, 0.15) is 18.0 Å². The summed E-state index contributed by atoms with van der Waals surface area (Å²) in [5.41, 5.74) is 1.60. The van der Waals surface area contributed by atoms with E-state index in [1.54, 1.807) is 4.57 Å². The lowest BCUT2D eigenvalue weighted by atomic mass is 10.2. The molecule has 1 unspecified atom stereocenters. The summed E-state index contributed by atoms with van der Waals surface area (Å²) in [6.07, 6.45) is -0.0972. The molecule has 0 fully saturated rings. The van der Waals surface area contributed by atoms with E-state index in [2.05, 4.69) is 10.3 Å². The first kappa shape index (κ1) is 16.4. The number of para-hydroxylation sites is 1. The maximum Gasteiger partial charge on any atom is 0.308 e. The molecule has 0 bridgehead atoms. The minimum atomic E-state index is -0.752. The summed E-state index contributed by atoms with van der Waals surface area (Å²) in [5.74, 6) is -0.172. The van der Waals surface area contributed by atoms with Crippen molar-refractivity contribution in [3.8, 4) is 0 Å². The number of ether oxygens (including phenoxy) is 1. The number of nitrogens with one attached hydrogen (secondary N) is 1. The van der Waals surface area contributed by atoms with Crippen molar-refractivity contribution in [3.05, 3.63) is 64.9 Å². The van der Waals surface area contributed by atoms with Gasteiger partial charge in [0.15, 0.2) is 0 Å². The van der Waals surface area contributed by atoms with Gasteiger partial charge in [0, 0.05) is 5.39 Å². The second kappa shape index (κ2) is 6.68. The van der Waals surface area contributed by atoms with Crippen molar-refractivity contribution in [2.45, 2.75) is 19.1 Å². The van der Waals surface area contributed by atoms with Crippen LogP contribution in [0.4, 0.5) is 5.82 Å². The van der Waals surface area contributed by atoms with Crippen molar-refractivity contribution < 1.29 is 14.3 Å². The standard InChI is InChI=1S/C19H15N3O3S/c23-16(25-11-12-6-2-1-3-7-12)10-15-18(24)21-17-13-8-4-5-9-14(13)20-19(26)22(15)17/h1-9,15H,10-11H2,(H,21,24). The van der Waals surface area contributed by atoms with E-state index in [1.807, 2.05) is 54.6 Å². The van der Waals surface area contributed by atoms with Crippen molar-refractivity contribution >= 4 is 40.8 Å². The highest BCUT2D eigenvalue weighted by Gasteiger charge is 2.34. The van der Waals surface area contributed by atoms with Crippen molar-refractivity contribution in [2.75, 3.05) is 5.32 Å². The van der Waals surface area contributed by atoms with E-state index >= 15 is 0 Å². The van der Waals surface area contributed by atoms with Gasteiger partial charge in [-0.15, -0.1) is 0 Å². The fourth-order valence-corrected chi connectivity index (χ4v) is 3.34. The summed E-state index contributed by atoms with van der Waals surface area (Å²) in [5, 5.41) is 3.61. The third-order valence-electron chi connectivity index (χ3n) is 4.28. The molecule has 4 rings (SSSR count). The van der Waals surface area contributed by atoms with Gasteiger partial charge in [-0.1, -0.05) is 42.5 Å². The first-order valence-corrected chi connectivity index (χ1v) is 8.56. The van der Waals surface area contributed by atoms with E-state index < -0.39 is 12.0 Å². The summed E-state index contributed by atoms with van der Waals surface area (Å²) in [4.78, 5) is 29.0. The highest BCUT2D eigenvalue weighted by Crippen LogP contribution is 2.33. The third-order valence-corrected chi connectivity index (χ3v) is 4.57. The number of rotatable bonds is 4. The Morgan fingerprint density at radius 2 is 1.88 bits per heavy atom. The molecule has 1 atom stereocenters. The van der Waals surface area contributed by atoms with Crippen molar-refractivity contribution in [3.63, 3.8) is 0 Å². The van der Waals surface area contributed by atoms with Crippen molar-refractivity contribution in [1.29, 1.82) is 0 Å². The molecular weight excluding hydrogens is 350 g/mol. The van der Waals surface area contributed by atoms with Crippen LogP contribution in [0.5, 0.6) is 0 Å². The summed E-state index contributed by atoms with van der Waals surface area (Å²) in [6, 6.07) is 16.0. The average molecular weight is 365 g/mol. The number of aromatic nitrogens is 2. The molecular formula is C19H15N3O3S. The summed E-state index contributed by atoms with van der Waals surface area (Å²) >= 11 is 5.34. The normalized spacial score (nSPS) is 15.5. The minimum absolute atomic E-state index is 0.0972. The molecule has 6 nitrogen and oxygen atoms in total. The summed E-state index contributed by atoms with van der Waals surface area (Å²) in [7, 11) is 0. The molecule has 1 N–H and O–H groups in total. The second-order valence-electron chi connectivity index (χ2n) is 5.99. The van der Waals surface area contributed by atoms with Gasteiger partial charge in [-0.25, -0.2) is 4.98 Å². The number of hydrogen-bond acceptors (Lipinski definition) is 5. The van der Waals surface area contributed by atoms with Gasteiger partial charge in [0.05, 0.1) is 11.9 Å². The van der Waals surface area contributed by atoms with Gasteiger partial charge in [-0.05, 0) is 29.9 Å². The molecule has 0 radical (unpaired) electrons. The second-order valence-corrected chi connectivity index (χ2v) is 6.35. The molecule has 1 aliphatic rings. The van der Waals surface area contributed by atoms with Crippen LogP contribution in [0.2, 0.25) is 0 Å². The van der Waals surface area contributed by atoms with Crippen molar-refractivity contribution in [2.24, 2.45) is 0 Å². The summed E-state index contributed by atoms with van der Waals surface area (Å²) < 4.78 is 7.16. The van der Waals surface area contributed by atoms with Gasteiger partial charge in [0.25, 0.3) is 0 Å². The van der Waals surface area contributed by atoms with Crippen LogP contribution in [-0.4, -0.2) is 21.4 Å². The molecule has 2 heterocycles. The molecule has 1 aliphatic heterocycles. The van der Waals surface area contributed by atoms with E-state index in [4.69, 9.17) is 17.0 Å². The first-order valence-electron chi connectivity index (χ1n) is 8.15. The lowest BCUT2D eigenvalue weighted by Crippen LogP contribution is -2.20. The quantitative estimate of drug-likeness (QED) is 0.567. The highest BCUT2D eigenvalue weighted by atomic mass is 32.1. The minimum Gasteiger partial charge on any atom is -0.461 e. The first-order chi connectivity index (χ1) is 12.6. The Morgan fingerprint density at radius 1 is 1.15 bits per heavy atom. The maximum absolute atomic E-state index is 12.4. The van der Waals surface area contributed by atoms with E-state index in [-0.39, 0.29) is 23.7 Å². The molecule has 26 heavy (non-hydrogen) atoms. The molecule has 3 aromatic rings. The predicted octanol–water partition coefficient (Wildman–Crippen LogP) is 3.39. The molecule has 0 spiro atoms. The van der Waals surface area contributed by atoms with E-state index in [0.29, 0.717) is 11.3 Å². The monoisotopic (exact) mass is 365 g/mol. The number of benzene rings is 2. The average Bonchev–Trinajstić information content (AvgIpc) is 2.98. The number of esters is 1. The van der Waals surface area contributed by atoms with E-state index in [1.165, 1.54) is 0 Å². The Morgan fingerprint density at radius 3 is 2.69 bits per heavy atom. The number of carbonyl (C=O) groups excluding carboxylic acids is 2. The third kappa shape index (κ3) is 2.97. The van der Waals surface area contributed by atoms with Crippen LogP contribution in [0.25, 0.3) is 10.9 Å². The largest absolute Gasteiger partial charge is 0.461 e. The van der Waals surface area contributed by atoms with Crippen LogP contribution in [0, 0.1) is 4.77 Å². The zero-order chi connectivity index (χ0) is 18.1. The highest BCUT2D eigenvalue weighted by molar-refractivity contribution is 7.71. The molecule has 7 heteroatoms. The van der Waals surface area contributed by atoms with Gasteiger partial charge in [0.1, 0.15) is 18.5 Å². The van der Waals surface area contributed by atoms with Crippen LogP contribution in [0.15, 0.2) is 54.6 Å². The Hall–Kier alpha value is -3.06. The number of nitrogens with zero attached hydrogens (tertiary/aromatic N) is 2. The van der Waals surface area contributed by atoms with Crippen LogP contribution in [0.3, 0.4) is 0 Å². The predicted molar refractivity (Wildman–Crippen MR) is 99.1 cm³/mol. The Labute approximate surface area is 154 Å². The Balaban J connectivity index is 1.57. The lowest BCUT2D eigenvalue weighted by Gasteiger charge is -2.13. The lowest BCUT2D eigenvalue weighted by molar-refractivity contribution is -0.147. The zero-order valence-corrected chi connectivity index (χ0v) is 14.5. The molecule has 0 aliphatic carbocycles. The Kier molecular flexibility index (Phi) is 4.22. The van der Waals surface area contributed by atoms with Crippen LogP contribution < -0.4 is 5.32 Å². The molecule has 0 saturated heterocycles. The number of fused-ring (bicyclic) bond motifs is 3. The van der Waals surface area contributed by atoms with Crippen LogP contribution in [-0.2, 0) is 20.9 Å². The molecule has 2 aromatic carbocycles. The smallest absolute Gasteiger partial charge is 0.308 e. The number of carbonyl (C=O) groups is 2. The number of anilines is 1. The molecule has 1 aromatic heterocycles. The fourth-order valence-electron chi connectivity index (χ4n) is 3.03. The fraction of sp³-hybridized carbons (Fsp3) is 0.158. The SMILES string of the molecule is O=C(CC1C(=O)Nc2c3ccccc3nc(=S)n21)OCc1ccccc1. The molecule has 130 valence electrons. The van der Waals surface area contributed by atoms with Gasteiger partial charge < -0.3 is 10.1 Å². The van der Waals surface area contributed by atoms with E-state index in [9.17, 15) is 9.59 Å². The van der Waals surface area contributed by atoms with Gasteiger partial charge in [-0.2, -0.15) is 0 Å². The van der Waals surface area contributed by atoms with E-state index in [0.717, 1.165) is 10.9 Å². The number of amides is 1. The van der Waals surface area contributed by atoms with Crippen molar-refractivity contribution in [1.82, 2.24) is 9.55 Å². The summed E-state index contributed by atoms with van der Waals surface area (Å²) in [6.45, 7) is 0.169. The topological polar surface area (TPSA) is 73.2 Å². The molecule has 0 saturated carbocycles. The van der Waals surface area contributed by atoms with Crippen LogP contribution >= 0.6 is 12.2 Å². The van der Waals surface area contributed by atoms with Gasteiger partial charge in [0.2, 0.25) is 10.7 Å². The zero-order valence-electron chi connectivity index (χ0n) is 13.7. The maximum atomic E-state index is 12.4. The van der Waals surface area contributed by atoms with Gasteiger partial charge >= 0.3 is 5.97 Å².